The number of aliphatic hydroxyl groups excluding tert-OH is 2. The zero-order chi connectivity index (χ0) is 21.3. The number of hydrogen-bond acceptors (Lipinski definition) is 7. The number of oxazole rings is 1. The summed E-state index contributed by atoms with van der Waals surface area (Å²) >= 11 is 0. The van der Waals surface area contributed by atoms with E-state index in [-0.39, 0.29) is 17.7 Å². The van der Waals surface area contributed by atoms with Gasteiger partial charge in [-0.25, -0.2) is 9.37 Å². The Morgan fingerprint density at radius 3 is 2.77 bits per heavy atom. The fourth-order valence-electron chi connectivity index (χ4n) is 4.38. The van der Waals surface area contributed by atoms with Crippen molar-refractivity contribution >= 4 is 5.91 Å². The predicted octanol–water partition coefficient (Wildman–Crippen LogP) is 1.26. The summed E-state index contributed by atoms with van der Waals surface area (Å²) in [5, 5.41) is 23.9. The van der Waals surface area contributed by atoms with Crippen molar-refractivity contribution in [2.45, 2.75) is 56.6 Å². The van der Waals surface area contributed by atoms with Gasteiger partial charge >= 0.3 is 0 Å². The van der Waals surface area contributed by atoms with Gasteiger partial charge in [-0.1, -0.05) is 6.07 Å². The number of aromatic nitrogens is 1. The highest BCUT2D eigenvalue weighted by atomic mass is 19.1. The number of likely N-dealkylation sites (tertiary alicyclic amines) is 1. The van der Waals surface area contributed by atoms with Gasteiger partial charge in [0.15, 0.2) is 12.1 Å². The largest absolute Gasteiger partial charge is 0.487 e. The van der Waals surface area contributed by atoms with Gasteiger partial charge in [0.2, 0.25) is 0 Å². The number of rotatable bonds is 5. The van der Waals surface area contributed by atoms with E-state index in [0.717, 1.165) is 0 Å². The van der Waals surface area contributed by atoms with E-state index in [0.29, 0.717) is 43.9 Å². The van der Waals surface area contributed by atoms with Gasteiger partial charge in [-0.05, 0) is 31.9 Å². The Hall–Kier alpha value is -2.49. The summed E-state index contributed by atoms with van der Waals surface area (Å²) in [6.45, 7) is 2.86. The van der Waals surface area contributed by atoms with Crippen molar-refractivity contribution in [2.75, 3.05) is 13.1 Å². The number of halogens is 1. The lowest BCUT2D eigenvalue weighted by atomic mass is 10.0. The highest BCUT2D eigenvalue weighted by Gasteiger charge is 2.48. The van der Waals surface area contributed by atoms with E-state index >= 15 is 0 Å². The fraction of sp³-hybridized carbons (Fsp3) is 0.524. The number of piperidine rings is 1. The molecule has 0 unspecified atom stereocenters. The van der Waals surface area contributed by atoms with E-state index in [2.05, 4.69) is 15.2 Å². The molecular weight excluding hydrogens is 393 g/mol. The Kier molecular flexibility index (Phi) is 6.03. The molecule has 1 aliphatic heterocycles. The molecule has 8 nitrogen and oxygen atoms in total. The van der Waals surface area contributed by atoms with E-state index in [4.69, 9.17) is 9.15 Å². The van der Waals surface area contributed by atoms with Crippen LogP contribution in [0.2, 0.25) is 0 Å². The maximum absolute atomic E-state index is 13.5. The molecule has 3 N–H and O–H groups in total. The molecule has 1 aromatic carbocycles. The predicted molar refractivity (Wildman–Crippen MR) is 105 cm³/mol. The van der Waals surface area contributed by atoms with Gasteiger partial charge in [0.05, 0.1) is 18.2 Å². The van der Waals surface area contributed by atoms with Crippen LogP contribution >= 0.6 is 0 Å². The van der Waals surface area contributed by atoms with Crippen LogP contribution in [0.4, 0.5) is 4.39 Å². The summed E-state index contributed by atoms with van der Waals surface area (Å²) in [5.41, 5.74) is 0.201. The minimum Gasteiger partial charge on any atom is -0.487 e. The van der Waals surface area contributed by atoms with Gasteiger partial charge in [0.25, 0.3) is 5.91 Å². The van der Waals surface area contributed by atoms with Crippen molar-refractivity contribution in [1.82, 2.24) is 15.2 Å². The van der Waals surface area contributed by atoms with E-state index in [1.807, 2.05) is 0 Å². The molecule has 1 saturated carbocycles. The molecular formula is C21H26FN3O5. The normalized spacial score (nSPS) is 27.9. The quantitative estimate of drug-likeness (QED) is 0.670. The molecule has 0 bridgehead atoms. The average Bonchev–Trinajstić information content (AvgIpc) is 3.26. The first-order chi connectivity index (χ1) is 14.4. The Morgan fingerprint density at radius 2 is 2.10 bits per heavy atom. The Morgan fingerprint density at radius 1 is 1.33 bits per heavy atom. The summed E-state index contributed by atoms with van der Waals surface area (Å²) < 4.78 is 24.5. The van der Waals surface area contributed by atoms with Crippen LogP contribution in [0.3, 0.4) is 0 Å². The molecule has 2 fully saturated rings. The number of nitrogens with zero attached hydrogens (tertiary/aromatic N) is 2. The number of carbonyl (C=O) groups excluding carboxylic acids is 1. The third-order valence-corrected chi connectivity index (χ3v) is 5.91. The van der Waals surface area contributed by atoms with E-state index < -0.39 is 30.1 Å². The van der Waals surface area contributed by atoms with Gasteiger partial charge in [0, 0.05) is 25.6 Å². The number of aryl methyl sites for hydroxylation is 1. The molecule has 4 atom stereocenters. The molecule has 162 valence electrons. The van der Waals surface area contributed by atoms with Crippen molar-refractivity contribution in [3.63, 3.8) is 0 Å². The molecule has 1 aliphatic carbocycles. The highest BCUT2D eigenvalue weighted by molar-refractivity contribution is 5.93. The molecule has 2 aliphatic rings. The van der Waals surface area contributed by atoms with Crippen LogP contribution in [0.25, 0.3) is 0 Å². The highest BCUT2D eigenvalue weighted by Crippen LogP contribution is 2.31. The monoisotopic (exact) mass is 419 g/mol. The number of aliphatic hydroxyl groups is 2. The van der Waals surface area contributed by atoms with Gasteiger partial charge in [0.1, 0.15) is 29.5 Å². The lowest BCUT2D eigenvalue weighted by Gasteiger charge is -2.38. The van der Waals surface area contributed by atoms with Crippen molar-refractivity contribution in [3.8, 4) is 5.75 Å². The zero-order valence-electron chi connectivity index (χ0n) is 16.7. The first-order valence-corrected chi connectivity index (χ1v) is 10.2. The Bertz CT molecular complexity index is 883. The van der Waals surface area contributed by atoms with Crippen LogP contribution in [-0.2, 0) is 0 Å². The molecule has 4 rings (SSSR count). The van der Waals surface area contributed by atoms with Gasteiger partial charge in [-0.3, -0.25) is 9.69 Å². The molecule has 1 amide bonds. The zero-order valence-corrected chi connectivity index (χ0v) is 16.7. The molecule has 2 aromatic rings. The first-order valence-electron chi connectivity index (χ1n) is 10.2. The van der Waals surface area contributed by atoms with Crippen LogP contribution in [0.1, 0.15) is 35.5 Å². The van der Waals surface area contributed by atoms with E-state index in [1.54, 1.807) is 19.1 Å². The first kappa shape index (κ1) is 20.8. The van der Waals surface area contributed by atoms with E-state index in [1.165, 1.54) is 18.5 Å². The van der Waals surface area contributed by atoms with Gasteiger partial charge in [-0.2, -0.15) is 0 Å². The Labute approximate surface area is 173 Å². The fourth-order valence-corrected chi connectivity index (χ4v) is 4.38. The maximum Gasteiger partial charge on any atom is 0.273 e. The standard InChI is InChI=1S/C21H26FN3O5/c1-12-18(23-11-29-12)21(28)24-16-10-17(30-15-4-2-3-13(22)9-15)20(27)19(16)25-7-5-14(26)6-8-25/h2-4,9,11,14,16-17,19-20,26-27H,5-8,10H2,1H3,(H,24,28)/t16-,17-,19+,20+/m1/s1. The number of ether oxygens (including phenoxy) is 1. The summed E-state index contributed by atoms with van der Waals surface area (Å²) in [6, 6.07) is 4.96. The topological polar surface area (TPSA) is 108 Å². The van der Waals surface area contributed by atoms with Crippen LogP contribution in [0.15, 0.2) is 35.1 Å². The number of hydrogen-bond donors (Lipinski definition) is 3. The minimum atomic E-state index is -0.896. The number of nitrogens with one attached hydrogen (secondary N) is 1. The summed E-state index contributed by atoms with van der Waals surface area (Å²) in [4.78, 5) is 18.8. The summed E-state index contributed by atoms with van der Waals surface area (Å²) in [6.07, 6.45) is 0.894. The second kappa shape index (κ2) is 8.71. The molecule has 0 radical (unpaired) electrons. The van der Waals surface area contributed by atoms with Crippen LogP contribution in [0.5, 0.6) is 5.75 Å². The smallest absolute Gasteiger partial charge is 0.273 e. The third kappa shape index (κ3) is 4.33. The van der Waals surface area contributed by atoms with Gasteiger partial charge in [-0.15, -0.1) is 0 Å². The van der Waals surface area contributed by atoms with Crippen molar-refractivity contribution in [1.29, 1.82) is 0 Å². The second-order valence-corrected chi connectivity index (χ2v) is 7.93. The molecule has 30 heavy (non-hydrogen) atoms. The van der Waals surface area contributed by atoms with Crippen molar-refractivity contribution in [2.24, 2.45) is 0 Å². The minimum absolute atomic E-state index is 0.201. The second-order valence-electron chi connectivity index (χ2n) is 7.93. The SMILES string of the molecule is Cc1ocnc1C(=O)N[C@@H]1C[C@@H](Oc2cccc(F)c2)[C@H](O)[C@H]1N1CCC(O)CC1. The molecule has 1 saturated heterocycles. The van der Waals surface area contributed by atoms with Crippen molar-refractivity contribution < 1.29 is 28.6 Å². The molecule has 2 heterocycles. The van der Waals surface area contributed by atoms with E-state index in [9.17, 15) is 19.4 Å². The van der Waals surface area contributed by atoms with Crippen molar-refractivity contribution in [3.05, 3.63) is 47.9 Å². The molecule has 0 spiro atoms. The maximum atomic E-state index is 13.5. The average molecular weight is 419 g/mol. The number of amides is 1. The summed E-state index contributed by atoms with van der Waals surface area (Å²) in [5.74, 6) is -0.0674. The lowest BCUT2D eigenvalue weighted by Crippen LogP contribution is -2.56. The van der Waals surface area contributed by atoms with Crippen LogP contribution < -0.4 is 10.1 Å². The number of carbonyl (C=O) groups is 1. The summed E-state index contributed by atoms with van der Waals surface area (Å²) in [7, 11) is 0. The van der Waals surface area contributed by atoms with Gasteiger partial charge < -0.3 is 24.7 Å². The molecule has 9 heteroatoms. The lowest BCUT2D eigenvalue weighted by molar-refractivity contribution is -0.0145. The molecule has 1 aromatic heterocycles. The Balaban J connectivity index is 1.53. The number of benzene rings is 1. The van der Waals surface area contributed by atoms with Crippen LogP contribution in [-0.4, -0.2) is 69.5 Å². The van der Waals surface area contributed by atoms with Crippen LogP contribution in [0, 0.1) is 12.7 Å². The third-order valence-electron chi connectivity index (χ3n) is 5.91.